The van der Waals surface area contributed by atoms with Crippen LogP contribution in [0.1, 0.15) is 11.5 Å². The number of hydrogen-bond acceptors (Lipinski definition) is 8. The molecule has 3 aromatic rings. The Morgan fingerprint density at radius 1 is 1.26 bits per heavy atom. The monoisotopic (exact) mass is 476 g/mol. The molecule has 0 radical (unpaired) electrons. The fourth-order valence-corrected chi connectivity index (χ4v) is 3.73. The minimum atomic E-state index is -4.77. The molecule has 0 aliphatic heterocycles. The van der Waals surface area contributed by atoms with E-state index in [4.69, 9.17) is 20.9 Å². The molecule has 0 unspecified atom stereocenters. The Labute approximate surface area is 178 Å². The largest absolute Gasteiger partial charge is 0.455 e. The third kappa shape index (κ3) is 5.77. The van der Waals surface area contributed by atoms with Crippen LogP contribution in [0.3, 0.4) is 0 Å². The zero-order chi connectivity index (χ0) is 22.6. The lowest BCUT2D eigenvalue weighted by Gasteiger charge is -2.11. The minimum absolute atomic E-state index is 0.0593. The molecule has 0 bridgehead atoms. The number of halogens is 4. The van der Waals surface area contributed by atoms with E-state index in [9.17, 15) is 26.4 Å². The number of nitrogens with zero attached hydrogens (tertiary/aromatic N) is 3. The van der Waals surface area contributed by atoms with E-state index < -0.39 is 50.8 Å². The van der Waals surface area contributed by atoms with E-state index in [1.807, 2.05) is 4.72 Å². The van der Waals surface area contributed by atoms with Crippen LogP contribution in [0, 0.1) is 0 Å². The molecule has 0 fully saturated rings. The normalized spacial score (nSPS) is 12.0. The van der Waals surface area contributed by atoms with Gasteiger partial charge in [0.15, 0.2) is 6.61 Å². The van der Waals surface area contributed by atoms with Crippen LogP contribution < -0.4 is 4.72 Å². The molecular weight excluding hydrogens is 465 g/mol. The number of esters is 1. The number of ether oxygens (including phenoxy) is 1. The van der Waals surface area contributed by atoms with E-state index in [1.54, 1.807) is 18.3 Å². The molecule has 0 aliphatic rings. The molecule has 0 aliphatic carbocycles. The van der Waals surface area contributed by atoms with Crippen molar-refractivity contribution >= 4 is 27.6 Å². The van der Waals surface area contributed by atoms with Crippen LogP contribution in [0.25, 0.3) is 11.4 Å². The molecule has 0 spiro atoms. The summed E-state index contributed by atoms with van der Waals surface area (Å²) in [4.78, 5) is 18.9. The first kappa shape index (κ1) is 22.7. The van der Waals surface area contributed by atoms with Gasteiger partial charge in [-0.15, -0.1) is 0 Å². The third-order valence-electron chi connectivity index (χ3n) is 3.70. The maximum absolute atomic E-state index is 12.8. The summed E-state index contributed by atoms with van der Waals surface area (Å²) in [6, 6.07) is 5.15. The molecule has 2 heterocycles. The third-order valence-corrected chi connectivity index (χ3v) is 5.58. The summed E-state index contributed by atoms with van der Waals surface area (Å²) in [5, 5.41) is 3.25. The van der Waals surface area contributed by atoms with Gasteiger partial charge in [-0.1, -0.05) is 16.8 Å². The summed E-state index contributed by atoms with van der Waals surface area (Å²) in [5.74, 6) is -0.886. The van der Waals surface area contributed by atoms with Gasteiger partial charge < -0.3 is 9.26 Å². The van der Waals surface area contributed by atoms with Crippen molar-refractivity contribution < 1.29 is 35.6 Å². The van der Waals surface area contributed by atoms with Gasteiger partial charge in [0.05, 0.1) is 10.6 Å². The van der Waals surface area contributed by atoms with Crippen LogP contribution in [0.15, 0.2) is 52.1 Å². The van der Waals surface area contributed by atoms with Crippen molar-refractivity contribution in [3.8, 4) is 11.4 Å². The summed E-state index contributed by atoms with van der Waals surface area (Å²) in [7, 11) is -4.52. The lowest BCUT2D eigenvalue weighted by Crippen LogP contribution is -2.31. The van der Waals surface area contributed by atoms with Gasteiger partial charge in [0.2, 0.25) is 15.8 Å². The lowest BCUT2D eigenvalue weighted by molar-refractivity contribution is -0.144. The number of pyridine rings is 1. The Morgan fingerprint density at radius 2 is 2.03 bits per heavy atom. The van der Waals surface area contributed by atoms with Gasteiger partial charge in [0.1, 0.15) is 11.4 Å². The first-order chi connectivity index (χ1) is 14.6. The Morgan fingerprint density at radius 3 is 2.71 bits per heavy atom. The fourth-order valence-electron chi connectivity index (χ4n) is 2.24. The summed E-state index contributed by atoms with van der Waals surface area (Å²) in [6.45, 7) is -1.31. The number of hydrogen-bond donors (Lipinski definition) is 1. The van der Waals surface area contributed by atoms with Crippen LogP contribution in [0.5, 0.6) is 0 Å². The second kappa shape index (κ2) is 8.99. The van der Waals surface area contributed by atoms with Crippen LogP contribution >= 0.6 is 11.6 Å². The van der Waals surface area contributed by atoms with Crippen molar-refractivity contribution in [2.75, 3.05) is 6.54 Å². The molecule has 164 valence electrons. The van der Waals surface area contributed by atoms with Gasteiger partial charge in [-0.25, -0.2) is 8.42 Å². The maximum atomic E-state index is 12.8. The zero-order valence-corrected chi connectivity index (χ0v) is 16.8. The Kier molecular flexibility index (Phi) is 6.57. The maximum Gasteiger partial charge on any atom is 0.416 e. The molecule has 31 heavy (non-hydrogen) atoms. The van der Waals surface area contributed by atoms with E-state index in [1.165, 1.54) is 6.20 Å². The van der Waals surface area contributed by atoms with Gasteiger partial charge in [-0.3, -0.25) is 9.78 Å². The average molecular weight is 477 g/mol. The highest BCUT2D eigenvalue weighted by atomic mass is 35.5. The fraction of sp³-hybridized carbons (Fsp3) is 0.176. The van der Waals surface area contributed by atoms with Crippen molar-refractivity contribution in [3.05, 3.63) is 59.2 Å². The quantitative estimate of drug-likeness (QED) is 0.516. The lowest BCUT2D eigenvalue weighted by atomic mass is 10.2. The molecular formula is C17H12ClF3N4O5S. The first-order valence-corrected chi connectivity index (χ1v) is 10.2. The number of sulfonamides is 1. The molecule has 1 aromatic carbocycles. The van der Waals surface area contributed by atoms with Gasteiger partial charge >= 0.3 is 12.1 Å². The van der Waals surface area contributed by atoms with Gasteiger partial charge in [0.25, 0.3) is 5.89 Å². The molecule has 14 heteroatoms. The first-order valence-electron chi connectivity index (χ1n) is 8.31. The second-order valence-corrected chi connectivity index (χ2v) is 8.02. The molecule has 0 saturated heterocycles. The standard InChI is InChI=1S/C17H12ClF3N4O5S/c18-12-4-3-11(17(19,20)21)6-13(12)31(27,28)23-8-15(26)29-9-14-24-16(25-30-14)10-2-1-5-22-7-10/h1-7,23H,8-9H2. The van der Waals surface area contributed by atoms with Crippen molar-refractivity contribution in [1.29, 1.82) is 0 Å². The highest BCUT2D eigenvalue weighted by Gasteiger charge is 2.32. The molecule has 9 nitrogen and oxygen atoms in total. The Balaban J connectivity index is 1.59. The van der Waals surface area contributed by atoms with Crippen LogP contribution in [0.4, 0.5) is 13.2 Å². The van der Waals surface area contributed by atoms with Crippen molar-refractivity contribution in [2.45, 2.75) is 17.7 Å². The van der Waals surface area contributed by atoms with E-state index in [0.29, 0.717) is 17.7 Å². The summed E-state index contributed by atoms with van der Waals surface area (Å²) >= 11 is 5.71. The number of benzene rings is 1. The van der Waals surface area contributed by atoms with Crippen molar-refractivity contribution in [1.82, 2.24) is 19.8 Å². The smallest absolute Gasteiger partial charge is 0.416 e. The number of carbonyl (C=O) groups is 1. The molecule has 0 saturated carbocycles. The van der Waals surface area contributed by atoms with Crippen molar-refractivity contribution in [3.63, 3.8) is 0 Å². The van der Waals surface area contributed by atoms with Crippen LogP contribution in [-0.2, 0) is 32.3 Å². The summed E-state index contributed by atoms with van der Waals surface area (Å²) in [5.41, 5.74) is -0.643. The van der Waals surface area contributed by atoms with E-state index in [2.05, 4.69) is 15.1 Å². The zero-order valence-electron chi connectivity index (χ0n) is 15.3. The van der Waals surface area contributed by atoms with E-state index >= 15 is 0 Å². The number of carbonyl (C=O) groups excluding carboxylic acids is 1. The molecule has 1 N–H and O–H groups in total. The van der Waals surface area contributed by atoms with Crippen LogP contribution in [-0.4, -0.2) is 36.1 Å². The molecule has 2 aromatic heterocycles. The van der Waals surface area contributed by atoms with E-state index in [0.717, 1.165) is 6.07 Å². The topological polar surface area (TPSA) is 124 Å². The number of alkyl halides is 3. The predicted octanol–water partition coefficient (Wildman–Crippen LogP) is 2.83. The second-order valence-electron chi connectivity index (χ2n) is 5.88. The molecule has 3 rings (SSSR count). The Bertz CT molecular complexity index is 1190. The molecule has 0 amide bonds. The van der Waals surface area contributed by atoms with Gasteiger partial charge in [-0.05, 0) is 30.3 Å². The average Bonchev–Trinajstić information content (AvgIpc) is 3.20. The van der Waals surface area contributed by atoms with Gasteiger partial charge in [0, 0.05) is 18.0 Å². The van der Waals surface area contributed by atoms with Crippen molar-refractivity contribution in [2.24, 2.45) is 0 Å². The minimum Gasteiger partial charge on any atom is -0.455 e. The summed E-state index contributed by atoms with van der Waals surface area (Å²) < 4.78 is 74.5. The number of aromatic nitrogens is 3. The SMILES string of the molecule is O=C(CNS(=O)(=O)c1cc(C(F)(F)F)ccc1Cl)OCc1nc(-c2cccnc2)no1. The number of rotatable bonds is 7. The van der Waals surface area contributed by atoms with E-state index in [-0.39, 0.29) is 11.7 Å². The number of nitrogens with one attached hydrogen (secondary N) is 1. The van der Waals surface area contributed by atoms with Crippen LogP contribution in [0.2, 0.25) is 5.02 Å². The summed E-state index contributed by atoms with van der Waals surface area (Å²) in [6.07, 6.45) is -1.72. The van der Waals surface area contributed by atoms with Gasteiger partial charge in [-0.2, -0.15) is 22.9 Å². The predicted molar refractivity (Wildman–Crippen MR) is 99.0 cm³/mol. The highest BCUT2D eigenvalue weighted by Crippen LogP contribution is 2.33. The Hall–Kier alpha value is -3.03. The highest BCUT2D eigenvalue weighted by molar-refractivity contribution is 7.89. The molecule has 0 atom stereocenters.